The highest BCUT2D eigenvalue weighted by Gasteiger charge is 2.30. The molecule has 1 aromatic heterocycles. The third kappa shape index (κ3) is 2.03. The van der Waals surface area contributed by atoms with Crippen LogP contribution in [0.3, 0.4) is 0 Å². The van der Waals surface area contributed by atoms with Gasteiger partial charge < -0.3 is 14.4 Å². The van der Waals surface area contributed by atoms with Gasteiger partial charge >= 0.3 is 0 Å². The summed E-state index contributed by atoms with van der Waals surface area (Å²) in [5, 5.41) is 10.9. The molecule has 3 aromatic rings. The molecule has 0 spiro atoms. The zero-order valence-electron chi connectivity index (χ0n) is 13.5. The van der Waals surface area contributed by atoms with E-state index in [4.69, 9.17) is 4.74 Å². The first kappa shape index (κ1) is 14.6. The van der Waals surface area contributed by atoms with Crippen LogP contribution >= 0.6 is 0 Å². The summed E-state index contributed by atoms with van der Waals surface area (Å²) in [5.41, 5.74) is 3.16. The molecule has 0 unspecified atom stereocenters. The zero-order valence-corrected chi connectivity index (χ0v) is 13.5. The van der Waals surface area contributed by atoms with Crippen LogP contribution in [-0.4, -0.2) is 15.5 Å². The lowest BCUT2D eigenvalue weighted by atomic mass is 10.1. The van der Waals surface area contributed by atoms with E-state index in [0.717, 1.165) is 23.0 Å². The van der Waals surface area contributed by atoms with Gasteiger partial charge in [-0.2, -0.15) is 0 Å². The van der Waals surface area contributed by atoms with Gasteiger partial charge in [-0.15, -0.1) is 0 Å². The molecule has 120 valence electrons. The molecule has 0 atom stereocenters. The van der Waals surface area contributed by atoms with Crippen LogP contribution in [0.4, 0.5) is 0 Å². The van der Waals surface area contributed by atoms with Crippen molar-refractivity contribution in [2.45, 2.75) is 20.4 Å². The van der Waals surface area contributed by atoms with Crippen molar-refractivity contribution in [2.75, 3.05) is 0 Å². The molecule has 0 fully saturated rings. The number of aryl methyl sites for hydroxylation is 1. The van der Waals surface area contributed by atoms with E-state index in [9.17, 15) is 9.90 Å². The molecule has 1 aliphatic heterocycles. The van der Waals surface area contributed by atoms with Crippen molar-refractivity contribution >= 4 is 22.8 Å². The maximum atomic E-state index is 12.6. The van der Waals surface area contributed by atoms with Crippen molar-refractivity contribution in [3.8, 4) is 11.5 Å². The van der Waals surface area contributed by atoms with Gasteiger partial charge in [0, 0.05) is 34.8 Å². The number of hydrogen-bond acceptors (Lipinski definition) is 3. The quantitative estimate of drug-likeness (QED) is 0.717. The Hall–Kier alpha value is -3.01. The van der Waals surface area contributed by atoms with Gasteiger partial charge in [0.2, 0.25) is 5.78 Å². The average Bonchev–Trinajstić information content (AvgIpc) is 3.11. The number of carbonyl (C=O) groups excluding carboxylic acids is 1. The molecule has 0 radical (unpaired) electrons. The molecule has 4 nitrogen and oxygen atoms in total. The number of para-hydroxylation sites is 1. The number of carbonyl (C=O) groups is 1. The fourth-order valence-electron chi connectivity index (χ4n) is 3.17. The Morgan fingerprint density at radius 1 is 1.21 bits per heavy atom. The van der Waals surface area contributed by atoms with Crippen molar-refractivity contribution in [2.24, 2.45) is 0 Å². The van der Waals surface area contributed by atoms with E-state index in [1.165, 1.54) is 6.07 Å². The number of Topliss-reactive ketones (excluding diaryl/α,β-unsaturated/α-hetero) is 1. The molecule has 1 aliphatic rings. The topological polar surface area (TPSA) is 51.5 Å². The van der Waals surface area contributed by atoms with E-state index in [1.54, 1.807) is 19.1 Å². The Labute approximate surface area is 139 Å². The monoisotopic (exact) mass is 319 g/mol. The summed E-state index contributed by atoms with van der Waals surface area (Å²) in [6.07, 6.45) is 3.81. The third-order valence-electron chi connectivity index (χ3n) is 4.50. The van der Waals surface area contributed by atoms with Crippen LogP contribution in [-0.2, 0) is 6.54 Å². The number of phenols is 1. The Morgan fingerprint density at radius 3 is 2.79 bits per heavy atom. The molecule has 24 heavy (non-hydrogen) atoms. The average molecular weight is 319 g/mol. The molecule has 0 saturated carbocycles. The van der Waals surface area contributed by atoms with Crippen LogP contribution in [0.25, 0.3) is 17.0 Å². The molecule has 2 heterocycles. The van der Waals surface area contributed by atoms with Crippen molar-refractivity contribution in [3.05, 3.63) is 65.0 Å². The van der Waals surface area contributed by atoms with Crippen molar-refractivity contribution < 1.29 is 14.6 Å². The Morgan fingerprint density at radius 2 is 2.00 bits per heavy atom. The number of allylic oxidation sites excluding steroid dienone is 1. The van der Waals surface area contributed by atoms with Gasteiger partial charge in [0.1, 0.15) is 11.5 Å². The largest absolute Gasteiger partial charge is 0.508 e. The molecule has 0 saturated heterocycles. The maximum Gasteiger partial charge on any atom is 0.231 e. The van der Waals surface area contributed by atoms with Gasteiger partial charge in [-0.25, -0.2) is 0 Å². The number of aromatic hydroxyl groups is 1. The summed E-state index contributed by atoms with van der Waals surface area (Å²) in [4.78, 5) is 12.6. The number of nitrogens with zero attached hydrogens (tertiary/aromatic N) is 1. The number of ketones is 1. The second kappa shape index (κ2) is 5.27. The van der Waals surface area contributed by atoms with Crippen LogP contribution in [0.5, 0.6) is 11.5 Å². The predicted octanol–water partition coefficient (Wildman–Crippen LogP) is 4.29. The summed E-state index contributed by atoms with van der Waals surface area (Å²) in [5.74, 6) is 0.718. The fourth-order valence-corrected chi connectivity index (χ4v) is 3.17. The summed E-state index contributed by atoms with van der Waals surface area (Å²) in [7, 11) is 0. The first-order valence-corrected chi connectivity index (χ1v) is 7.95. The lowest BCUT2D eigenvalue weighted by Gasteiger charge is -2.03. The standard InChI is InChI=1S/C20H17NO3/c1-3-21-11-13(14-6-4-5-7-16(14)21)10-18-19(23)15-8-9-17(22)12(2)20(15)24-18/h4-11,22H,3H2,1-2H3/b18-10+. The lowest BCUT2D eigenvalue weighted by Crippen LogP contribution is -1.97. The molecule has 2 aromatic carbocycles. The van der Waals surface area contributed by atoms with E-state index in [-0.39, 0.29) is 17.3 Å². The van der Waals surface area contributed by atoms with Crippen LogP contribution in [0.2, 0.25) is 0 Å². The SMILES string of the molecule is CCn1cc(/C=C2/Oc3c(ccc(O)c3C)C2=O)c2ccccc21. The van der Waals surface area contributed by atoms with Crippen molar-refractivity contribution in [1.29, 1.82) is 0 Å². The van der Waals surface area contributed by atoms with Crippen LogP contribution in [0.15, 0.2) is 48.4 Å². The van der Waals surface area contributed by atoms with Gasteiger partial charge in [-0.3, -0.25) is 4.79 Å². The van der Waals surface area contributed by atoms with E-state index in [2.05, 4.69) is 17.6 Å². The van der Waals surface area contributed by atoms with Gasteiger partial charge in [0.15, 0.2) is 5.76 Å². The number of hydrogen-bond donors (Lipinski definition) is 1. The van der Waals surface area contributed by atoms with E-state index in [1.807, 2.05) is 24.4 Å². The molecule has 0 bridgehead atoms. The summed E-state index contributed by atoms with van der Waals surface area (Å²) in [6.45, 7) is 4.68. The molecule has 4 heteroatoms. The normalized spacial score (nSPS) is 15.1. The highest BCUT2D eigenvalue weighted by atomic mass is 16.5. The molecule has 1 N–H and O–H groups in total. The second-order valence-corrected chi connectivity index (χ2v) is 5.91. The summed E-state index contributed by atoms with van der Waals surface area (Å²) >= 11 is 0. The number of rotatable bonds is 2. The number of aromatic nitrogens is 1. The Bertz CT molecular complexity index is 1010. The van der Waals surface area contributed by atoms with Crippen LogP contribution in [0, 0.1) is 6.92 Å². The highest BCUT2D eigenvalue weighted by Crippen LogP contribution is 2.39. The summed E-state index contributed by atoms with van der Waals surface area (Å²) < 4.78 is 7.91. The molecular formula is C20H17NO3. The van der Waals surface area contributed by atoms with E-state index < -0.39 is 0 Å². The summed E-state index contributed by atoms with van der Waals surface area (Å²) in [6, 6.07) is 11.2. The smallest absolute Gasteiger partial charge is 0.231 e. The van der Waals surface area contributed by atoms with Gasteiger partial charge in [0.25, 0.3) is 0 Å². The van der Waals surface area contributed by atoms with Crippen LogP contribution < -0.4 is 4.74 Å². The predicted molar refractivity (Wildman–Crippen MR) is 93.4 cm³/mol. The third-order valence-corrected chi connectivity index (χ3v) is 4.50. The van der Waals surface area contributed by atoms with Gasteiger partial charge in [-0.05, 0) is 38.1 Å². The van der Waals surface area contributed by atoms with Crippen LogP contribution in [0.1, 0.15) is 28.4 Å². The Kier molecular flexibility index (Phi) is 3.20. The maximum absolute atomic E-state index is 12.6. The van der Waals surface area contributed by atoms with E-state index in [0.29, 0.717) is 16.9 Å². The molecule has 0 aliphatic carbocycles. The number of fused-ring (bicyclic) bond motifs is 2. The number of phenolic OH excluding ortho intramolecular Hbond substituents is 1. The molecular weight excluding hydrogens is 302 g/mol. The number of ether oxygens (including phenoxy) is 1. The van der Waals surface area contributed by atoms with Crippen molar-refractivity contribution in [3.63, 3.8) is 0 Å². The first-order chi connectivity index (χ1) is 11.6. The van der Waals surface area contributed by atoms with Crippen molar-refractivity contribution in [1.82, 2.24) is 4.57 Å². The minimum absolute atomic E-state index is 0.130. The fraction of sp³-hybridized carbons (Fsp3) is 0.150. The first-order valence-electron chi connectivity index (χ1n) is 7.95. The highest BCUT2D eigenvalue weighted by molar-refractivity contribution is 6.15. The number of benzene rings is 2. The Balaban J connectivity index is 1.84. The second-order valence-electron chi connectivity index (χ2n) is 5.91. The molecule has 0 amide bonds. The van der Waals surface area contributed by atoms with Gasteiger partial charge in [-0.1, -0.05) is 18.2 Å². The lowest BCUT2D eigenvalue weighted by molar-refractivity contribution is 0.101. The van der Waals surface area contributed by atoms with Gasteiger partial charge in [0.05, 0.1) is 5.56 Å². The molecule has 4 rings (SSSR count). The minimum Gasteiger partial charge on any atom is -0.508 e. The zero-order chi connectivity index (χ0) is 16.8. The van der Waals surface area contributed by atoms with E-state index >= 15 is 0 Å². The minimum atomic E-state index is -0.151.